The Balaban J connectivity index is 2.15. The molecule has 2 aromatic rings. The minimum absolute atomic E-state index is 0.125. The van der Waals surface area contributed by atoms with Crippen LogP contribution in [0, 0.1) is 0 Å². The van der Waals surface area contributed by atoms with E-state index in [9.17, 15) is 10.2 Å². The minimum atomic E-state index is 0.125. The van der Waals surface area contributed by atoms with Crippen LogP contribution in [0.4, 0.5) is 0 Å². The zero-order chi connectivity index (χ0) is 20.5. The summed E-state index contributed by atoms with van der Waals surface area (Å²) in [6.45, 7) is 10.3. The van der Waals surface area contributed by atoms with E-state index in [2.05, 4.69) is 62.9 Å². The van der Waals surface area contributed by atoms with Gasteiger partial charge in [-0.3, -0.25) is 4.90 Å². The van der Waals surface area contributed by atoms with Gasteiger partial charge in [-0.25, -0.2) is 0 Å². The molecule has 0 spiro atoms. The Hall–Kier alpha value is -1.84. The normalized spacial score (nSPS) is 12.9. The van der Waals surface area contributed by atoms with Gasteiger partial charge >= 0.3 is 0 Å². The highest BCUT2D eigenvalue weighted by molar-refractivity contribution is 5.43. The van der Waals surface area contributed by atoms with Crippen molar-refractivity contribution in [2.24, 2.45) is 0 Å². The van der Waals surface area contributed by atoms with Gasteiger partial charge in [-0.1, -0.05) is 48.9 Å². The number of unbranched alkanes of at least 4 members (excludes halogenated alkanes) is 1. The number of hydrogen-bond donors (Lipinski definition) is 2. The lowest BCUT2D eigenvalue weighted by molar-refractivity contribution is 0.171. The van der Waals surface area contributed by atoms with Crippen LogP contribution in [0.2, 0.25) is 0 Å². The maximum atomic E-state index is 10.6. The van der Waals surface area contributed by atoms with Crippen LogP contribution in [0.3, 0.4) is 0 Å². The van der Waals surface area contributed by atoms with Gasteiger partial charge in [0.15, 0.2) is 0 Å². The maximum absolute atomic E-state index is 10.6. The van der Waals surface area contributed by atoms with Crippen molar-refractivity contribution in [2.45, 2.75) is 71.4 Å². The summed E-state index contributed by atoms with van der Waals surface area (Å²) in [7, 11) is 0. The smallest absolute Gasteiger partial charge is 0.119 e. The van der Waals surface area contributed by atoms with E-state index >= 15 is 0 Å². The molecule has 2 N–H and O–H groups in total. The number of hydrogen-bond acceptors (Lipinski definition) is 3. The lowest BCUT2D eigenvalue weighted by Gasteiger charge is -2.30. The molecule has 0 fully saturated rings. The largest absolute Gasteiger partial charge is 0.508 e. The van der Waals surface area contributed by atoms with Crippen molar-refractivity contribution in [3.05, 3.63) is 65.2 Å². The van der Waals surface area contributed by atoms with Crippen molar-refractivity contribution in [2.75, 3.05) is 13.2 Å². The molecule has 0 aliphatic heterocycles. The fourth-order valence-corrected chi connectivity index (χ4v) is 4.11. The number of phenolic OH excluding ortho intramolecular Hbond substituents is 1. The fraction of sp³-hybridized carbons (Fsp3) is 0.520. The molecule has 3 heteroatoms. The second kappa shape index (κ2) is 11.2. The molecule has 0 aliphatic rings. The summed E-state index contributed by atoms with van der Waals surface area (Å²) >= 11 is 0. The molecule has 0 amide bonds. The van der Waals surface area contributed by atoms with Crippen LogP contribution >= 0.6 is 0 Å². The van der Waals surface area contributed by atoms with E-state index in [0.717, 1.165) is 36.9 Å². The van der Waals surface area contributed by atoms with E-state index in [1.165, 1.54) is 5.56 Å². The SMILES string of the molecule is CC(C)N(CCCC[C@H](c1ccccc1)c1cc(CCO)ccc1O)C(C)C. The first-order chi connectivity index (χ1) is 13.4. The van der Waals surface area contributed by atoms with Crippen LogP contribution in [0.15, 0.2) is 48.5 Å². The molecule has 3 nitrogen and oxygen atoms in total. The fourth-order valence-electron chi connectivity index (χ4n) is 4.11. The van der Waals surface area contributed by atoms with Crippen LogP contribution in [0.25, 0.3) is 0 Å². The van der Waals surface area contributed by atoms with E-state index in [4.69, 9.17) is 0 Å². The number of rotatable bonds is 11. The van der Waals surface area contributed by atoms with Gasteiger partial charge in [0.1, 0.15) is 5.75 Å². The number of aliphatic hydroxyl groups is 1. The van der Waals surface area contributed by atoms with Crippen LogP contribution in [-0.4, -0.2) is 40.3 Å². The topological polar surface area (TPSA) is 43.7 Å². The molecule has 0 aliphatic carbocycles. The van der Waals surface area contributed by atoms with Gasteiger partial charge in [-0.2, -0.15) is 0 Å². The third-order valence-corrected chi connectivity index (χ3v) is 5.56. The molecule has 1 atom stereocenters. The molecule has 154 valence electrons. The molecule has 0 heterocycles. The van der Waals surface area contributed by atoms with Crippen LogP contribution < -0.4 is 0 Å². The Bertz CT molecular complexity index is 689. The maximum Gasteiger partial charge on any atom is 0.119 e. The lowest BCUT2D eigenvalue weighted by Crippen LogP contribution is -2.37. The third kappa shape index (κ3) is 6.35. The highest BCUT2D eigenvalue weighted by atomic mass is 16.3. The highest BCUT2D eigenvalue weighted by Crippen LogP contribution is 2.36. The highest BCUT2D eigenvalue weighted by Gasteiger charge is 2.19. The summed E-state index contributed by atoms with van der Waals surface area (Å²) in [6.07, 6.45) is 3.88. The van der Waals surface area contributed by atoms with Gasteiger partial charge in [0, 0.05) is 30.2 Å². The zero-order valence-corrected chi connectivity index (χ0v) is 17.9. The van der Waals surface area contributed by atoms with Gasteiger partial charge < -0.3 is 10.2 Å². The van der Waals surface area contributed by atoms with E-state index in [-0.39, 0.29) is 12.5 Å². The third-order valence-electron chi connectivity index (χ3n) is 5.56. The predicted molar refractivity (Wildman–Crippen MR) is 118 cm³/mol. The molecule has 0 saturated carbocycles. The second-order valence-electron chi connectivity index (χ2n) is 8.25. The van der Waals surface area contributed by atoms with Crippen molar-refractivity contribution in [3.63, 3.8) is 0 Å². The lowest BCUT2D eigenvalue weighted by atomic mass is 9.85. The first kappa shape index (κ1) is 22.4. The first-order valence-corrected chi connectivity index (χ1v) is 10.7. The number of nitrogens with zero attached hydrogens (tertiary/aromatic N) is 1. The van der Waals surface area contributed by atoms with Crippen LogP contribution in [0.5, 0.6) is 5.75 Å². The molecule has 28 heavy (non-hydrogen) atoms. The summed E-state index contributed by atoms with van der Waals surface area (Å²) in [5, 5.41) is 19.8. The first-order valence-electron chi connectivity index (χ1n) is 10.7. The van der Waals surface area contributed by atoms with Crippen molar-refractivity contribution < 1.29 is 10.2 Å². The second-order valence-corrected chi connectivity index (χ2v) is 8.25. The number of aliphatic hydroxyl groups excluding tert-OH is 1. The summed E-state index contributed by atoms with van der Waals surface area (Å²) in [4.78, 5) is 2.54. The molecule has 0 radical (unpaired) electrons. The zero-order valence-electron chi connectivity index (χ0n) is 17.9. The van der Waals surface area contributed by atoms with Crippen molar-refractivity contribution in [1.82, 2.24) is 4.90 Å². The molecular formula is C25H37NO2. The molecule has 2 aromatic carbocycles. The van der Waals surface area contributed by atoms with Gasteiger partial charge in [0.2, 0.25) is 0 Å². The minimum Gasteiger partial charge on any atom is -0.508 e. The number of benzene rings is 2. The van der Waals surface area contributed by atoms with Gasteiger partial charge in [0.25, 0.3) is 0 Å². The van der Waals surface area contributed by atoms with E-state index < -0.39 is 0 Å². The molecular weight excluding hydrogens is 346 g/mol. The summed E-state index contributed by atoms with van der Waals surface area (Å²) < 4.78 is 0. The Morgan fingerprint density at radius 2 is 1.57 bits per heavy atom. The van der Waals surface area contributed by atoms with Crippen molar-refractivity contribution in [3.8, 4) is 5.75 Å². The molecule has 0 saturated heterocycles. The quantitative estimate of drug-likeness (QED) is 0.514. The van der Waals surface area contributed by atoms with E-state index in [1.54, 1.807) is 6.07 Å². The van der Waals surface area contributed by atoms with Gasteiger partial charge in [0.05, 0.1) is 0 Å². The summed E-state index contributed by atoms with van der Waals surface area (Å²) in [5.74, 6) is 0.521. The Morgan fingerprint density at radius 3 is 2.18 bits per heavy atom. The van der Waals surface area contributed by atoms with E-state index in [1.807, 2.05) is 12.1 Å². The van der Waals surface area contributed by atoms with Crippen molar-refractivity contribution in [1.29, 1.82) is 0 Å². The Kier molecular flexibility index (Phi) is 9.01. The molecule has 2 rings (SSSR count). The molecule has 0 aromatic heterocycles. The van der Waals surface area contributed by atoms with Crippen molar-refractivity contribution >= 4 is 0 Å². The van der Waals surface area contributed by atoms with E-state index in [0.29, 0.717) is 24.3 Å². The number of phenols is 1. The van der Waals surface area contributed by atoms with Gasteiger partial charge in [-0.05, 0) is 70.7 Å². The Morgan fingerprint density at radius 1 is 0.893 bits per heavy atom. The average molecular weight is 384 g/mol. The summed E-state index contributed by atoms with van der Waals surface area (Å²) in [6, 6.07) is 17.3. The standard InChI is InChI=1S/C25H37NO2/c1-19(2)26(20(3)4)16-9-8-12-23(22-10-6-5-7-11-22)24-18-21(15-17-27)13-14-25(24)28/h5-7,10-11,13-14,18-20,23,27-28H,8-9,12,15-17H2,1-4H3/t23-/m1/s1. The Labute approximate surface area is 171 Å². The average Bonchev–Trinajstić information content (AvgIpc) is 2.67. The van der Waals surface area contributed by atoms with Crippen LogP contribution in [0.1, 0.15) is 69.6 Å². The molecule has 0 unspecified atom stereocenters. The number of aromatic hydroxyl groups is 1. The monoisotopic (exact) mass is 383 g/mol. The van der Waals surface area contributed by atoms with Gasteiger partial charge in [-0.15, -0.1) is 0 Å². The summed E-state index contributed by atoms with van der Waals surface area (Å²) in [5.41, 5.74) is 3.28. The van der Waals surface area contributed by atoms with Crippen LogP contribution in [-0.2, 0) is 6.42 Å². The molecule has 0 bridgehead atoms. The predicted octanol–water partition coefficient (Wildman–Crippen LogP) is 5.35.